The van der Waals surface area contributed by atoms with Crippen LogP contribution in [0.5, 0.6) is 11.5 Å². The van der Waals surface area contributed by atoms with Gasteiger partial charge in [-0.05, 0) is 36.8 Å². The lowest BCUT2D eigenvalue weighted by Gasteiger charge is -2.34. The first-order chi connectivity index (χ1) is 14.0. The SMILES string of the molecule is CC1(CC#N)C(C)(C(=O)O)C1(c1cccc(Oc2ccccc2)c1)C(Br)C(Br)(Br)Br. The van der Waals surface area contributed by atoms with Crippen LogP contribution in [0, 0.1) is 22.2 Å². The van der Waals surface area contributed by atoms with E-state index in [1.54, 1.807) is 6.92 Å². The standard InChI is InChI=1S/C22H19Br4NO3/c1-19(11-12-27)20(2,18(28)29)21(19,17(23)22(24,25)26)14-7-6-10-16(13-14)30-15-8-4-3-5-9-15/h3-10,13,17H,11H2,1-2H3,(H,28,29). The summed E-state index contributed by atoms with van der Waals surface area (Å²) in [6.07, 6.45) is 0.0880. The third-order valence-corrected chi connectivity index (χ3v) is 11.1. The van der Waals surface area contributed by atoms with Crippen molar-refractivity contribution in [2.75, 3.05) is 0 Å². The summed E-state index contributed by atoms with van der Waals surface area (Å²) in [5, 5.41) is 19.8. The summed E-state index contributed by atoms with van der Waals surface area (Å²) in [5.74, 6) is 0.336. The summed E-state index contributed by atoms with van der Waals surface area (Å²) in [5.41, 5.74) is -2.17. The van der Waals surface area contributed by atoms with E-state index in [1.807, 2.05) is 61.5 Å². The third-order valence-electron chi connectivity index (χ3n) is 6.50. The van der Waals surface area contributed by atoms with Gasteiger partial charge in [0, 0.05) is 17.3 Å². The van der Waals surface area contributed by atoms with E-state index in [0.29, 0.717) is 11.5 Å². The lowest BCUT2D eigenvalue weighted by atomic mass is 9.82. The summed E-state index contributed by atoms with van der Waals surface area (Å²) >= 11 is 14.5. The number of carboxylic acid groups (broad SMARTS) is 1. The van der Waals surface area contributed by atoms with Gasteiger partial charge in [0.2, 0.25) is 0 Å². The summed E-state index contributed by atoms with van der Waals surface area (Å²) in [7, 11) is 0. The molecule has 0 amide bonds. The molecule has 8 heteroatoms. The van der Waals surface area contributed by atoms with Gasteiger partial charge < -0.3 is 9.84 Å². The fraction of sp³-hybridized carbons (Fsp3) is 0.364. The number of halogens is 4. The minimum Gasteiger partial charge on any atom is -0.481 e. The van der Waals surface area contributed by atoms with Crippen LogP contribution in [0.15, 0.2) is 54.6 Å². The molecular formula is C22H19Br4NO3. The first-order valence-corrected chi connectivity index (χ1v) is 12.4. The molecule has 0 heterocycles. The summed E-state index contributed by atoms with van der Waals surface area (Å²) in [6, 6.07) is 19.0. The lowest BCUT2D eigenvalue weighted by Crippen LogP contribution is -2.39. The Morgan fingerprint density at radius 2 is 1.73 bits per heavy atom. The van der Waals surface area contributed by atoms with Crippen molar-refractivity contribution in [1.29, 1.82) is 5.26 Å². The zero-order valence-electron chi connectivity index (χ0n) is 16.2. The molecule has 0 spiro atoms. The quantitative estimate of drug-likeness (QED) is 0.328. The topological polar surface area (TPSA) is 70.3 Å². The Balaban J connectivity index is 2.20. The molecule has 1 aliphatic rings. The van der Waals surface area contributed by atoms with Crippen LogP contribution in [-0.4, -0.2) is 18.0 Å². The number of para-hydroxylation sites is 1. The molecule has 0 radical (unpaired) electrons. The summed E-state index contributed by atoms with van der Waals surface area (Å²) in [4.78, 5) is 12.1. The van der Waals surface area contributed by atoms with Gasteiger partial charge in [0.15, 0.2) is 0 Å². The van der Waals surface area contributed by atoms with E-state index < -0.39 is 29.2 Å². The van der Waals surface area contributed by atoms with Gasteiger partial charge in [-0.3, -0.25) is 4.79 Å². The fourth-order valence-corrected chi connectivity index (χ4v) is 7.12. The number of ether oxygens (including phenoxy) is 1. The maximum Gasteiger partial charge on any atom is 0.310 e. The van der Waals surface area contributed by atoms with Gasteiger partial charge in [0.25, 0.3) is 0 Å². The molecule has 4 atom stereocenters. The van der Waals surface area contributed by atoms with Crippen molar-refractivity contribution in [3.8, 4) is 17.6 Å². The van der Waals surface area contributed by atoms with Crippen molar-refractivity contribution in [3.05, 3.63) is 60.2 Å². The molecule has 1 N–H and O–H groups in total. The molecule has 30 heavy (non-hydrogen) atoms. The van der Waals surface area contributed by atoms with Crippen molar-refractivity contribution in [3.63, 3.8) is 0 Å². The Labute approximate surface area is 209 Å². The summed E-state index contributed by atoms with van der Waals surface area (Å²) in [6.45, 7) is 3.58. The van der Waals surface area contributed by atoms with Gasteiger partial charge in [-0.1, -0.05) is 101 Å². The highest BCUT2D eigenvalue weighted by Gasteiger charge is 2.89. The monoisotopic (exact) mass is 661 g/mol. The van der Waals surface area contributed by atoms with Crippen molar-refractivity contribution in [1.82, 2.24) is 0 Å². The van der Waals surface area contributed by atoms with Crippen LogP contribution < -0.4 is 4.74 Å². The number of carbonyl (C=O) groups is 1. The normalized spacial score (nSPS) is 29.0. The Kier molecular flexibility index (Phi) is 6.53. The van der Waals surface area contributed by atoms with Crippen LogP contribution in [0.1, 0.15) is 25.8 Å². The number of carboxylic acids is 1. The smallest absolute Gasteiger partial charge is 0.310 e. The van der Waals surface area contributed by atoms with Crippen molar-refractivity contribution in [2.24, 2.45) is 10.8 Å². The molecule has 4 unspecified atom stereocenters. The second-order valence-corrected chi connectivity index (χ2v) is 15.6. The minimum absolute atomic E-state index is 0.0880. The Morgan fingerprint density at radius 3 is 2.27 bits per heavy atom. The van der Waals surface area contributed by atoms with Crippen LogP contribution in [0.25, 0.3) is 0 Å². The second kappa shape index (κ2) is 8.23. The number of hydrogen-bond acceptors (Lipinski definition) is 3. The van der Waals surface area contributed by atoms with E-state index in [2.05, 4.69) is 69.8 Å². The number of benzene rings is 2. The molecule has 2 aromatic carbocycles. The number of aliphatic carboxylic acids is 1. The average molecular weight is 665 g/mol. The van der Waals surface area contributed by atoms with Crippen molar-refractivity contribution >= 4 is 69.7 Å². The van der Waals surface area contributed by atoms with Gasteiger partial charge in [-0.15, -0.1) is 0 Å². The molecule has 0 bridgehead atoms. The number of hydrogen-bond donors (Lipinski definition) is 1. The van der Waals surface area contributed by atoms with Crippen LogP contribution in [0.3, 0.4) is 0 Å². The number of alkyl halides is 4. The predicted molar refractivity (Wildman–Crippen MR) is 131 cm³/mol. The Morgan fingerprint density at radius 1 is 1.13 bits per heavy atom. The molecule has 4 nitrogen and oxygen atoms in total. The predicted octanol–water partition coefficient (Wildman–Crippen LogP) is 7.34. The number of rotatable bonds is 6. The zero-order valence-corrected chi connectivity index (χ0v) is 22.5. The second-order valence-electron chi connectivity index (χ2n) is 7.75. The highest BCUT2D eigenvalue weighted by molar-refractivity contribution is 9.40. The van der Waals surface area contributed by atoms with Crippen LogP contribution in [-0.2, 0) is 10.2 Å². The van der Waals surface area contributed by atoms with Crippen LogP contribution >= 0.6 is 63.7 Å². The van der Waals surface area contributed by atoms with E-state index in [-0.39, 0.29) is 6.42 Å². The largest absolute Gasteiger partial charge is 0.481 e. The molecule has 1 aliphatic carbocycles. The molecule has 2 aromatic rings. The average Bonchev–Trinajstić information content (AvgIpc) is 3.13. The van der Waals surface area contributed by atoms with E-state index in [1.165, 1.54) is 0 Å². The molecular weight excluding hydrogens is 646 g/mol. The Hall–Kier alpha value is -0.880. The van der Waals surface area contributed by atoms with E-state index >= 15 is 0 Å². The highest BCUT2D eigenvalue weighted by atomic mass is 80.0. The zero-order chi connectivity index (χ0) is 22.4. The van der Waals surface area contributed by atoms with Crippen molar-refractivity contribution < 1.29 is 14.6 Å². The third kappa shape index (κ3) is 3.37. The molecule has 158 valence electrons. The van der Waals surface area contributed by atoms with Crippen molar-refractivity contribution in [2.45, 2.75) is 32.7 Å². The van der Waals surface area contributed by atoms with Crippen LogP contribution in [0.4, 0.5) is 0 Å². The molecule has 0 saturated heterocycles. The number of nitrogens with zero attached hydrogens (tertiary/aromatic N) is 1. The highest BCUT2D eigenvalue weighted by Crippen LogP contribution is 2.84. The van der Waals surface area contributed by atoms with Gasteiger partial charge >= 0.3 is 5.97 Å². The van der Waals surface area contributed by atoms with Gasteiger partial charge in [0.1, 0.15) is 13.6 Å². The van der Waals surface area contributed by atoms with E-state index in [0.717, 1.165) is 5.56 Å². The van der Waals surface area contributed by atoms with E-state index in [9.17, 15) is 15.2 Å². The minimum atomic E-state index is -1.20. The molecule has 1 saturated carbocycles. The number of nitriles is 1. The molecule has 3 rings (SSSR count). The van der Waals surface area contributed by atoms with Gasteiger partial charge in [-0.25, -0.2) is 0 Å². The van der Waals surface area contributed by atoms with Crippen LogP contribution in [0.2, 0.25) is 0 Å². The Bertz CT molecular complexity index is 1000. The molecule has 0 aromatic heterocycles. The van der Waals surface area contributed by atoms with E-state index in [4.69, 9.17) is 4.74 Å². The first-order valence-electron chi connectivity index (χ1n) is 9.11. The van der Waals surface area contributed by atoms with Gasteiger partial charge in [-0.2, -0.15) is 5.26 Å². The molecule has 1 fully saturated rings. The lowest BCUT2D eigenvalue weighted by molar-refractivity contribution is -0.144. The molecule has 0 aliphatic heterocycles. The first kappa shape index (κ1) is 23.8. The fourth-order valence-electron chi connectivity index (χ4n) is 4.86. The van der Waals surface area contributed by atoms with Gasteiger partial charge in [0.05, 0.1) is 16.3 Å². The maximum atomic E-state index is 12.6. The maximum absolute atomic E-state index is 12.6. The summed E-state index contributed by atoms with van der Waals surface area (Å²) < 4.78 is 5.20.